The first-order chi connectivity index (χ1) is 9.22. The van der Waals surface area contributed by atoms with Gasteiger partial charge in [-0.15, -0.1) is 5.10 Å². The van der Waals surface area contributed by atoms with Crippen LogP contribution in [0.3, 0.4) is 0 Å². The summed E-state index contributed by atoms with van der Waals surface area (Å²) in [6, 6.07) is -0.516. The second kappa shape index (κ2) is 4.05. The Morgan fingerprint density at radius 1 is 1.16 bits per heavy atom. The van der Waals surface area contributed by atoms with Gasteiger partial charge in [0.2, 0.25) is 0 Å². The SMILES string of the molecule is O=C(O)C(C1C2CC3CC(C2)CC1C3)n1ccnn1. The molecule has 0 aliphatic heterocycles. The van der Waals surface area contributed by atoms with Gasteiger partial charge in [-0.2, -0.15) is 0 Å². The fraction of sp³-hybridized carbons (Fsp3) is 0.786. The molecule has 0 aromatic carbocycles. The van der Waals surface area contributed by atoms with Gasteiger partial charge in [0.25, 0.3) is 0 Å². The molecule has 19 heavy (non-hydrogen) atoms. The van der Waals surface area contributed by atoms with Crippen molar-refractivity contribution in [3.05, 3.63) is 12.4 Å². The van der Waals surface area contributed by atoms with Crippen molar-refractivity contribution in [1.29, 1.82) is 0 Å². The maximum absolute atomic E-state index is 11.7. The second-order valence-corrected chi connectivity index (χ2v) is 6.67. The standard InChI is InChI=1S/C14H19N3O2/c18-14(19)13(17-2-1-15-16-17)12-10-4-8-3-9(6-10)7-11(12)5-8/h1-2,8-13H,3-7H2,(H,18,19). The first-order valence-corrected chi connectivity index (χ1v) is 7.31. The van der Waals surface area contributed by atoms with Crippen LogP contribution in [0, 0.1) is 29.6 Å². The summed E-state index contributed by atoms with van der Waals surface area (Å²) in [6.45, 7) is 0. The highest BCUT2D eigenvalue weighted by Crippen LogP contribution is 2.59. The molecule has 1 unspecified atom stereocenters. The van der Waals surface area contributed by atoms with Crippen LogP contribution < -0.4 is 0 Å². The fourth-order valence-corrected chi connectivity index (χ4v) is 5.30. The van der Waals surface area contributed by atoms with Crippen LogP contribution in [0.4, 0.5) is 0 Å². The van der Waals surface area contributed by atoms with E-state index in [0.717, 1.165) is 11.8 Å². The Balaban J connectivity index is 1.68. The van der Waals surface area contributed by atoms with Gasteiger partial charge in [-0.05, 0) is 61.7 Å². The van der Waals surface area contributed by atoms with Gasteiger partial charge in [0.15, 0.2) is 6.04 Å². The van der Waals surface area contributed by atoms with Crippen molar-refractivity contribution in [2.75, 3.05) is 0 Å². The summed E-state index contributed by atoms with van der Waals surface area (Å²) in [5.74, 6) is 2.41. The van der Waals surface area contributed by atoms with Crippen molar-refractivity contribution < 1.29 is 9.90 Å². The highest BCUT2D eigenvalue weighted by Gasteiger charge is 2.52. The van der Waals surface area contributed by atoms with Crippen LogP contribution in [0.2, 0.25) is 0 Å². The van der Waals surface area contributed by atoms with Gasteiger partial charge in [0.05, 0.1) is 6.20 Å². The van der Waals surface area contributed by atoms with E-state index in [4.69, 9.17) is 0 Å². The molecule has 1 heterocycles. The summed E-state index contributed by atoms with van der Waals surface area (Å²) in [7, 11) is 0. The highest BCUT2D eigenvalue weighted by atomic mass is 16.4. The third kappa shape index (κ3) is 1.70. The number of hydrogen-bond acceptors (Lipinski definition) is 3. The molecule has 4 bridgehead atoms. The van der Waals surface area contributed by atoms with Crippen LogP contribution in [0.15, 0.2) is 12.4 Å². The van der Waals surface area contributed by atoms with Gasteiger partial charge in [0.1, 0.15) is 0 Å². The molecule has 0 saturated heterocycles. The topological polar surface area (TPSA) is 68.0 Å². The maximum Gasteiger partial charge on any atom is 0.328 e. The number of aromatic nitrogens is 3. The Kier molecular flexibility index (Phi) is 2.44. The first kappa shape index (κ1) is 11.4. The van der Waals surface area contributed by atoms with Crippen LogP contribution in [0.1, 0.15) is 38.1 Å². The van der Waals surface area contributed by atoms with Crippen LogP contribution in [-0.4, -0.2) is 26.1 Å². The lowest BCUT2D eigenvalue weighted by Crippen LogP contribution is -2.49. The lowest BCUT2D eigenvalue weighted by Gasteiger charge is -2.55. The number of aliphatic carboxylic acids is 1. The zero-order valence-electron chi connectivity index (χ0n) is 10.9. The minimum Gasteiger partial charge on any atom is -0.480 e. The zero-order chi connectivity index (χ0) is 13.0. The van der Waals surface area contributed by atoms with Crippen molar-refractivity contribution in [3.8, 4) is 0 Å². The Hall–Kier alpha value is -1.39. The summed E-state index contributed by atoms with van der Waals surface area (Å²) >= 11 is 0. The van der Waals surface area contributed by atoms with E-state index in [1.54, 1.807) is 17.1 Å². The Labute approximate surface area is 112 Å². The predicted molar refractivity (Wildman–Crippen MR) is 67.2 cm³/mol. The highest BCUT2D eigenvalue weighted by molar-refractivity contribution is 5.72. The molecule has 4 aliphatic carbocycles. The molecule has 5 heteroatoms. The molecule has 1 N–H and O–H groups in total. The normalized spacial score (nSPS) is 41.4. The van der Waals surface area contributed by atoms with Gasteiger partial charge in [-0.25, -0.2) is 9.48 Å². The molecule has 5 rings (SSSR count). The van der Waals surface area contributed by atoms with E-state index in [0.29, 0.717) is 11.8 Å². The molecule has 1 atom stereocenters. The lowest BCUT2D eigenvalue weighted by atomic mass is 9.50. The number of nitrogens with zero attached hydrogens (tertiary/aromatic N) is 3. The summed E-state index contributed by atoms with van der Waals surface area (Å²) in [6.07, 6.45) is 9.59. The van der Waals surface area contributed by atoms with Gasteiger partial charge in [-0.1, -0.05) is 5.21 Å². The summed E-state index contributed by atoms with van der Waals surface area (Å²) in [5.41, 5.74) is 0. The zero-order valence-corrected chi connectivity index (χ0v) is 10.9. The number of hydrogen-bond donors (Lipinski definition) is 1. The summed E-state index contributed by atoms with van der Waals surface area (Å²) < 4.78 is 1.56. The predicted octanol–water partition coefficient (Wildman–Crippen LogP) is 1.98. The molecular weight excluding hydrogens is 242 g/mol. The molecule has 4 aliphatic rings. The van der Waals surface area contributed by atoms with Gasteiger partial charge < -0.3 is 5.11 Å². The molecule has 0 radical (unpaired) electrons. The molecule has 0 spiro atoms. The van der Waals surface area contributed by atoms with E-state index in [-0.39, 0.29) is 5.92 Å². The molecule has 102 valence electrons. The smallest absolute Gasteiger partial charge is 0.328 e. The van der Waals surface area contributed by atoms with Gasteiger partial charge >= 0.3 is 5.97 Å². The summed E-state index contributed by atoms with van der Waals surface area (Å²) in [5, 5.41) is 17.4. The Bertz CT molecular complexity index is 457. The van der Waals surface area contributed by atoms with Gasteiger partial charge in [0, 0.05) is 6.20 Å². The third-order valence-corrected chi connectivity index (χ3v) is 5.64. The van der Waals surface area contributed by atoms with Crippen LogP contribution in [-0.2, 0) is 4.79 Å². The average Bonchev–Trinajstić information content (AvgIpc) is 2.85. The van der Waals surface area contributed by atoms with E-state index in [2.05, 4.69) is 10.3 Å². The maximum atomic E-state index is 11.7. The number of rotatable bonds is 3. The van der Waals surface area contributed by atoms with Crippen molar-refractivity contribution in [3.63, 3.8) is 0 Å². The van der Waals surface area contributed by atoms with Crippen molar-refractivity contribution in [1.82, 2.24) is 15.0 Å². The number of carboxylic acid groups (broad SMARTS) is 1. The van der Waals surface area contributed by atoms with E-state index in [1.807, 2.05) is 0 Å². The molecule has 4 fully saturated rings. The minimum absolute atomic E-state index is 0.256. The molecule has 4 saturated carbocycles. The number of carbonyl (C=O) groups is 1. The third-order valence-electron chi connectivity index (χ3n) is 5.64. The molecule has 5 nitrogen and oxygen atoms in total. The van der Waals surface area contributed by atoms with Crippen molar-refractivity contribution in [2.45, 2.75) is 38.1 Å². The van der Waals surface area contributed by atoms with Crippen LogP contribution in [0.5, 0.6) is 0 Å². The average molecular weight is 261 g/mol. The first-order valence-electron chi connectivity index (χ1n) is 7.31. The van der Waals surface area contributed by atoms with E-state index in [1.165, 1.54) is 32.1 Å². The largest absolute Gasteiger partial charge is 0.480 e. The van der Waals surface area contributed by atoms with Crippen LogP contribution in [0.25, 0.3) is 0 Å². The Morgan fingerprint density at radius 3 is 2.26 bits per heavy atom. The lowest BCUT2D eigenvalue weighted by molar-refractivity contribution is -0.150. The minimum atomic E-state index is -0.747. The van der Waals surface area contributed by atoms with E-state index < -0.39 is 12.0 Å². The van der Waals surface area contributed by atoms with Crippen molar-refractivity contribution in [2.24, 2.45) is 29.6 Å². The quantitative estimate of drug-likeness (QED) is 0.903. The van der Waals surface area contributed by atoms with E-state index >= 15 is 0 Å². The van der Waals surface area contributed by atoms with Gasteiger partial charge in [-0.3, -0.25) is 0 Å². The Morgan fingerprint density at radius 2 is 1.79 bits per heavy atom. The van der Waals surface area contributed by atoms with E-state index in [9.17, 15) is 9.90 Å². The fourth-order valence-electron chi connectivity index (χ4n) is 5.30. The van der Waals surface area contributed by atoms with Crippen LogP contribution >= 0.6 is 0 Å². The molecule has 1 aromatic heterocycles. The molecule has 1 aromatic rings. The second-order valence-electron chi connectivity index (χ2n) is 6.67. The number of carboxylic acids is 1. The van der Waals surface area contributed by atoms with Crippen molar-refractivity contribution >= 4 is 5.97 Å². The summed E-state index contributed by atoms with van der Waals surface area (Å²) in [4.78, 5) is 11.7. The monoisotopic (exact) mass is 261 g/mol. The molecule has 0 amide bonds. The molecular formula is C14H19N3O2.